The minimum absolute atomic E-state index is 0.0321. The second kappa shape index (κ2) is 8.08. The van der Waals surface area contributed by atoms with E-state index in [0.29, 0.717) is 17.8 Å². The maximum Gasteiger partial charge on any atom is 0.302 e. The van der Waals surface area contributed by atoms with E-state index < -0.39 is 0 Å². The summed E-state index contributed by atoms with van der Waals surface area (Å²) in [5, 5.41) is 0. The van der Waals surface area contributed by atoms with Crippen LogP contribution in [-0.4, -0.2) is 36.2 Å². The quantitative estimate of drug-likeness (QED) is 0.483. The van der Waals surface area contributed by atoms with Gasteiger partial charge in [0.05, 0.1) is 0 Å². The van der Waals surface area contributed by atoms with Crippen molar-refractivity contribution in [3.8, 4) is 0 Å². The van der Waals surface area contributed by atoms with Crippen LogP contribution in [0.5, 0.6) is 0 Å². The van der Waals surface area contributed by atoms with E-state index in [2.05, 4.69) is 13.8 Å². The number of carbonyl (C=O) groups excluding carboxylic acids is 3. The minimum Gasteiger partial charge on any atom is -0.463 e. The first-order valence-electron chi connectivity index (χ1n) is 12.0. The molecule has 4 saturated carbocycles. The Kier molecular flexibility index (Phi) is 5.89. The fourth-order valence-corrected chi connectivity index (χ4v) is 8.26. The topological polar surface area (TPSA) is 78.9 Å². The van der Waals surface area contributed by atoms with E-state index in [0.717, 1.165) is 44.9 Å². The summed E-state index contributed by atoms with van der Waals surface area (Å²) in [7, 11) is 0. The van der Waals surface area contributed by atoms with Gasteiger partial charge < -0.3 is 14.2 Å². The van der Waals surface area contributed by atoms with E-state index in [1.165, 1.54) is 27.2 Å². The molecule has 0 spiro atoms. The van der Waals surface area contributed by atoms with Crippen molar-refractivity contribution in [2.45, 2.75) is 104 Å². The van der Waals surface area contributed by atoms with Gasteiger partial charge in [-0.15, -0.1) is 0 Å². The molecule has 0 amide bonds. The van der Waals surface area contributed by atoms with E-state index in [-0.39, 0.29) is 53.0 Å². The van der Waals surface area contributed by atoms with Crippen LogP contribution in [0, 0.1) is 34.5 Å². The Labute approximate surface area is 185 Å². The van der Waals surface area contributed by atoms with Gasteiger partial charge in [0.25, 0.3) is 0 Å². The largest absolute Gasteiger partial charge is 0.463 e. The van der Waals surface area contributed by atoms with Crippen molar-refractivity contribution < 1.29 is 28.6 Å². The molecule has 0 saturated heterocycles. The molecule has 6 nitrogen and oxygen atoms in total. The molecule has 4 rings (SSSR count). The summed E-state index contributed by atoms with van der Waals surface area (Å²) in [4.78, 5) is 35.4. The molecule has 4 aliphatic rings. The minimum atomic E-state index is -0.248. The first-order chi connectivity index (χ1) is 14.5. The van der Waals surface area contributed by atoms with Gasteiger partial charge >= 0.3 is 17.9 Å². The van der Waals surface area contributed by atoms with Crippen LogP contribution in [0.4, 0.5) is 0 Å². The standard InChI is InChI=1S/C25H38O6/c1-14(26)29-17-6-11-25(5)19-7-9-24(4)10-8-21(30-15(2)27)23(24)18(19)13-22(20(25)12-17)31-16(3)28/h17-23H,6-13H2,1-5H3/t17-,18+,19-,20+,21-,22+,23+,24+,25+/m0/s1. The molecule has 0 bridgehead atoms. The average Bonchev–Trinajstić information content (AvgIpc) is 2.98. The maximum atomic E-state index is 12.0. The molecule has 0 radical (unpaired) electrons. The molecule has 0 N–H and O–H groups in total. The fraction of sp³-hybridized carbons (Fsp3) is 0.880. The molecule has 0 aromatic carbocycles. The number of hydrogen-bond acceptors (Lipinski definition) is 6. The molecule has 0 aromatic heterocycles. The first-order valence-corrected chi connectivity index (χ1v) is 12.0. The number of ether oxygens (including phenoxy) is 3. The summed E-state index contributed by atoms with van der Waals surface area (Å²) in [6.45, 7) is 9.19. The van der Waals surface area contributed by atoms with Crippen molar-refractivity contribution in [2.75, 3.05) is 0 Å². The van der Waals surface area contributed by atoms with Crippen molar-refractivity contribution in [2.24, 2.45) is 34.5 Å². The highest BCUT2D eigenvalue weighted by molar-refractivity contribution is 5.67. The Morgan fingerprint density at radius 3 is 1.97 bits per heavy atom. The van der Waals surface area contributed by atoms with Crippen molar-refractivity contribution in [1.82, 2.24) is 0 Å². The first kappa shape index (κ1) is 22.6. The summed E-state index contributed by atoms with van der Waals surface area (Å²) in [5.74, 6) is 0.704. The zero-order valence-electron chi connectivity index (χ0n) is 19.6. The molecule has 31 heavy (non-hydrogen) atoms. The van der Waals surface area contributed by atoms with Crippen LogP contribution >= 0.6 is 0 Å². The van der Waals surface area contributed by atoms with E-state index in [4.69, 9.17) is 14.2 Å². The molecule has 4 aliphatic carbocycles. The van der Waals surface area contributed by atoms with Crippen molar-refractivity contribution in [1.29, 1.82) is 0 Å². The van der Waals surface area contributed by atoms with Crippen LogP contribution in [0.1, 0.15) is 86.0 Å². The summed E-state index contributed by atoms with van der Waals surface area (Å²) < 4.78 is 17.4. The zero-order chi connectivity index (χ0) is 22.6. The van der Waals surface area contributed by atoms with Crippen molar-refractivity contribution in [3.63, 3.8) is 0 Å². The van der Waals surface area contributed by atoms with E-state index in [1.807, 2.05) is 0 Å². The highest BCUT2D eigenvalue weighted by Crippen LogP contribution is 2.67. The maximum absolute atomic E-state index is 12.0. The lowest BCUT2D eigenvalue weighted by Gasteiger charge is -2.62. The van der Waals surface area contributed by atoms with Gasteiger partial charge in [0.15, 0.2) is 0 Å². The number of rotatable bonds is 3. The molecule has 9 atom stereocenters. The highest BCUT2D eigenvalue weighted by atomic mass is 16.6. The van der Waals surface area contributed by atoms with E-state index in [1.54, 1.807) is 0 Å². The third-order valence-corrected chi connectivity index (χ3v) is 9.35. The number of fused-ring (bicyclic) bond motifs is 5. The van der Waals surface area contributed by atoms with Crippen LogP contribution < -0.4 is 0 Å². The lowest BCUT2D eigenvalue weighted by Crippen LogP contribution is -2.59. The van der Waals surface area contributed by atoms with Gasteiger partial charge in [-0.2, -0.15) is 0 Å². The Morgan fingerprint density at radius 2 is 1.32 bits per heavy atom. The van der Waals surface area contributed by atoms with E-state index >= 15 is 0 Å². The van der Waals surface area contributed by atoms with Crippen LogP contribution in [0.25, 0.3) is 0 Å². The predicted octanol–water partition coefficient (Wildman–Crippen LogP) is 4.43. The van der Waals surface area contributed by atoms with Gasteiger partial charge in [0.1, 0.15) is 18.3 Å². The average molecular weight is 435 g/mol. The van der Waals surface area contributed by atoms with Crippen LogP contribution in [0.2, 0.25) is 0 Å². The number of carbonyl (C=O) groups is 3. The molecule has 6 heteroatoms. The molecule has 0 aromatic rings. The molecular formula is C25H38O6. The Balaban J connectivity index is 1.66. The SMILES string of the molecule is CC(=O)O[C@H]1CC[C@@]2(C)[C@H](C1)[C@H](OC(C)=O)C[C@H]1[C@@H]3[C@@H](OC(C)=O)CC[C@@]3(C)CC[C@@H]12. The van der Waals surface area contributed by atoms with Gasteiger partial charge in [-0.3, -0.25) is 14.4 Å². The molecule has 4 fully saturated rings. The second-order valence-corrected chi connectivity index (χ2v) is 11.2. The summed E-state index contributed by atoms with van der Waals surface area (Å²) in [5.41, 5.74) is 0.213. The summed E-state index contributed by atoms with van der Waals surface area (Å²) in [6, 6.07) is 0. The van der Waals surface area contributed by atoms with Crippen LogP contribution in [-0.2, 0) is 28.6 Å². The predicted molar refractivity (Wildman–Crippen MR) is 114 cm³/mol. The van der Waals surface area contributed by atoms with Crippen molar-refractivity contribution in [3.05, 3.63) is 0 Å². The molecular weight excluding hydrogens is 396 g/mol. The smallest absolute Gasteiger partial charge is 0.302 e. The normalized spacial score (nSPS) is 46.2. The van der Waals surface area contributed by atoms with Gasteiger partial charge in [-0.1, -0.05) is 13.8 Å². The van der Waals surface area contributed by atoms with Crippen molar-refractivity contribution >= 4 is 17.9 Å². The Hall–Kier alpha value is -1.59. The van der Waals surface area contributed by atoms with Crippen LogP contribution in [0.3, 0.4) is 0 Å². The number of hydrogen-bond donors (Lipinski definition) is 0. The van der Waals surface area contributed by atoms with Gasteiger partial charge in [0.2, 0.25) is 0 Å². The number of esters is 3. The second-order valence-electron chi connectivity index (χ2n) is 11.2. The molecule has 0 aliphatic heterocycles. The third kappa shape index (κ3) is 4.00. The lowest BCUT2D eigenvalue weighted by molar-refractivity contribution is -0.201. The fourth-order valence-electron chi connectivity index (χ4n) is 8.26. The summed E-state index contributed by atoms with van der Waals surface area (Å²) in [6.07, 6.45) is 7.43. The summed E-state index contributed by atoms with van der Waals surface area (Å²) >= 11 is 0. The Morgan fingerprint density at radius 1 is 0.710 bits per heavy atom. The lowest BCUT2D eigenvalue weighted by atomic mass is 9.44. The zero-order valence-corrected chi connectivity index (χ0v) is 19.6. The van der Waals surface area contributed by atoms with Gasteiger partial charge in [0, 0.05) is 32.6 Å². The molecule has 0 heterocycles. The highest BCUT2D eigenvalue weighted by Gasteiger charge is 2.63. The molecule has 0 unspecified atom stereocenters. The Bertz CT molecular complexity index is 748. The molecule has 174 valence electrons. The van der Waals surface area contributed by atoms with Gasteiger partial charge in [-0.25, -0.2) is 0 Å². The monoisotopic (exact) mass is 434 g/mol. The van der Waals surface area contributed by atoms with E-state index in [9.17, 15) is 14.4 Å². The third-order valence-electron chi connectivity index (χ3n) is 9.35. The van der Waals surface area contributed by atoms with Gasteiger partial charge in [-0.05, 0) is 74.0 Å². The van der Waals surface area contributed by atoms with Crippen LogP contribution in [0.15, 0.2) is 0 Å².